The standard InChI is InChI=1S/C15H20N6O2/c1-12-6-19-21(8-12)9-14(22)18-10-15(23)2-5-20(11-15)13-7-16-3-4-17-13/h3-4,6-8,23H,2,5,9-11H2,1H3,(H,18,22). The fraction of sp³-hybridized carbons (Fsp3) is 0.467. The molecule has 8 nitrogen and oxygen atoms in total. The first kappa shape index (κ1) is 15.4. The number of aromatic nitrogens is 4. The van der Waals surface area contributed by atoms with Crippen LogP contribution in [0.25, 0.3) is 0 Å². The van der Waals surface area contributed by atoms with E-state index in [0.717, 1.165) is 11.4 Å². The molecule has 1 aliphatic heterocycles. The highest BCUT2D eigenvalue weighted by atomic mass is 16.3. The van der Waals surface area contributed by atoms with Crippen molar-refractivity contribution in [3.8, 4) is 0 Å². The van der Waals surface area contributed by atoms with Crippen LogP contribution in [0.2, 0.25) is 0 Å². The van der Waals surface area contributed by atoms with Crippen molar-refractivity contribution in [2.24, 2.45) is 0 Å². The third-order valence-corrected chi connectivity index (χ3v) is 3.89. The number of hydrogen-bond donors (Lipinski definition) is 2. The van der Waals surface area contributed by atoms with Gasteiger partial charge >= 0.3 is 0 Å². The lowest BCUT2D eigenvalue weighted by atomic mass is 10.0. The molecule has 1 amide bonds. The number of nitrogens with one attached hydrogen (secondary N) is 1. The minimum atomic E-state index is -0.951. The van der Waals surface area contributed by atoms with Gasteiger partial charge in [0.1, 0.15) is 18.0 Å². The van der Waals surface area contributed by atoms with E-state index < -0.39 is 5.60 Å². The third kappa shape index (κ3) is 3.84. The SMILES string of the molecule is Cc1cnn(CC(=O)NCC2(O)CCN(c3cnccn3)C2)c1. The molecule has 0 spiro atoms. The first-order valence-corrected chi connectivity index (χ1v) is 7.53. The molecule has 0 aromatic carbocycles. The molecule has 2 aromatic rings. The molecule has 1 aliphatic rings. The molecular formula is C15H20N6O2. The van der Waals surface area contributed by atoms with Gasteiger partial charge in [-0.25, -0.2) is 4.98 Å². The Bertz CT molecular complexity index is 674. The number of aryl methyl sites for hydroxylation is 1. The van der Waals surface area contributed by atoms with E-state index >= 15 is 0 Å². The van der Waals surface area contributed by atoms with E-state index in [0.29, 0.717) is 19.5 Å². The monoisotopic (exact) mass is 316 g/mol. The van der Waals surface area contributed by atoms with Crippen LogP contribution in [0.5, 0.6) is 0 Å². The summed E-state index contributed by atoms with van der Waals surface area (Å²) >= 11 is 0. The van der Waals surface area contributed by atoms with Gasteiger partial charge < -0.3 is 15.3 Å². The number of hydrogen-bond acceptors (Lipinski definition) is 6. The van der Waals surface area contributed by atoms with Crippen LogP contribution in [0.4, 0.5) is 5.82 Å². The molecule has 1 unspecified atom stereocenters. The van der Waals surface area contributed by atoms with E-state index in [9.17, 15) is 9.90 Å². The predicted octanol–water partition coefficient (Wildman–Crippen LogP) is -0.261. The Kier molecular flexibility index (Phi) is 4.24. The van der Waals surface area contributed by atoms with Gasteiger partial charge in [-0.3, -0.25) is 14.5 Å². The Morgan fingerprint density at radius 2 is 2.30 bits per heavy atom. The van der Waals surface area contributed by atoms with Gasteiger partial charge in [0, 0.05) is 38.2 Å². The summed E-state index contributed by atoms with van der Waals surface area (Å²) in [7, 11) is 0. The zero-order chi connectivity index (χ0) is 16.3. The van der Waals surface area contributed by atoms with Gasteiger partial charge in [0.05, 0.1) is 12.4 Å². The smallest absolute Gasteiger partial charge is 0.241 e. The van der Waals surface area contributed by atoms with E-state index in [1.54, 1.807) is 35.7 Å². The molecule has 3 rings (SSSR count). The second-order valence-corrected chi connectivity index (χ2v) is 5.95. The van der Waals surface area contributed by atoms with Crippen LogP contribution >= 0.6 is 0 Å². The van der Waals surface area contributed by atoms with Crippen LogP contribution in [0.3, 0.4) is 0 Å². The molecule has 8 heteroatoms. The summed E-state index contributed by atoms with van der Waals surface area (Å²) in [6.45, 7) is 3.39. The molecule has 3 heterocycles. The number of amides is 1. The van der Waals surface area contributed by atoms with Crippen LogP contribution in [-0.4, -0.2) is 56.0 Å². The summed E-state index contributed by atoms with van der Waals surface area (Å²) < 4.78 is 1.58. The Labute approximate surface area is 134 Å². The maximum Gasteiger partial charge on any atom is 0.241 e. The Hall–Kier alpha value is -2.48. The summed E-state index contributed by atoms with van der Waals surface area (Å²) in [6, 6.07) is 0. The Morgan fingerprint density at radius 1 is 1.43 bits per heavy atom. The molecule has 0 saturated carbocycles. The van der Waals surface area contributed by atoms with E-state index in [2.05, 4.69) is 20.4 Å². The van der Waals surface area contributed by atoms with Crippen LogP contribution in [0, 0.1) is 6.92 Å². The fourth-order valence-electron chi connectivity index (χ4n) is 2.67. The third-order valence-electron chi connectivity index (χ3n) is 3.89. The summed E-state index contributed by atoms with van der Waals surface area (Å²) in [5, 5.41) is 17.5. The number of anilines is 1. The number of aliphatic hydroxyl groups is 1. The second kappa shape index (κ2) is 6.33. The molecule has 0 radical (unpaired) electrons. The van der Waals surface area contributed by atoms with Gasteiger partial charge in [-0.1, -0.05) is 0 Å². The zero-order valence-electron chi connectivity index (χ0n) is 13.0. The number of carbonyl (C=O) groups excluding carboxylic acids is 1. The minimum absolute atomic E-state index is 0.151. The Morgan fingerprint density at radius 3 is 3.00 bits per heavy atom. The highest BCUT2D eigenvalue weighted by Gasteiger charge is 2.37. The van der Waals surface area contributed by atoms with Crippen molar-refractivity contribution in [3.63, 3.8) is 0 Å². The zero-order valence-corrected chi connectivity index (χ0v) is 13.0. The van der Waals surface area contributed by atoms with Crippen LogP contribution in [-0.2, 0) is 11.3 Å². The summed E-state index contributed by atoms with van der Waals surface area (Å²) in [4.78, 5) is 22.2. The number of nitrogens with zero attached hydrogens (tertiary/aromatic N) is 5. The van der Waals surface area contributed by atoms with Crippen molar-refractivity contribution in [3.05, 3.63) is 36.5 Å². The number of carbonyl (C=O) groups is 1. The second-order valence-electron chi connectivity index (χ2n) is 5.95. The van der Waals surface area contributed by atoms with Crippen molar-refractivity contribution >= 4 is 11.7 Å². The quantitative estimate of drug-likeness (QED) is 0.789. The van der Waals surface area contributed by atoms with E-state index in [4.69, 9.17) is 0 Å². The minimum Gasteiger partial charge on any atom is -0.386 e. The summed E-state index contributed by atoms with van der Waals surface area (Å²) in [5.74, 6) is 0.571. The summed E-state index contributed by atoms with van der Waals surface area (Å²) in [5.41, 5.74) is 0.0552. The molecule has 0 aliphatic carbocycles. The van der Waals surface area contributed by atoms with Gasteiger partial charge in [-0.2, -0.15) is 5.10 Å². The maximum atomic E-state index is 12.0. The first-order chi connectivity index (χ1) is 11.0. The molecule has 0 bridgehead atoms. The van der Waals surface area contributed by atoms with E-state index in [1.165, 1.54) is 0 Å². The average Bonchev–Trinajstić information content (AvgIpc) is 3.13. The van der Waals surface area contributed by atoms with Gasteiger partial charge in [-0.15, -0.1) is 0 Å². The highest BCUT2D eigenvalue weighted by Crippen LogP contribution is 2.24. The molecule has 1 saturated heterocycles. The molecular weight excluding hydrogens is 296 g/mol. The van der Waals surface area contributed by atoms with Crippen molar-refractivity contribution in [2.75, 3.05) is 24.5 Å². The largest absolute Gasteiger partial charge is 0.386 e. The molecule has 23 heavy (non-hydrogen) atoms. The van der Waals surface area contributed by atoms with Crippen molar-refractivity contribution < 1.29 is 9.90 Å². The van der Waals surface area contributed by atoms with Gasteiger partial charge in [-0.05, 0) is 18.9 Å². The van der Waals surface area contributed by atoms with Gasteiger partial charge in [0.25, 0.3) is 0 Å². The van der Waals surface area contributed by atoms with Crippen molar-refractivity contribution in [1.82, 2.24) is 25.1 Å². The lowest BCUT2D eigenvalue weighted by molar-refractivity contribution is -0.122. The number of rotatable bonds is 5. The van der Waals surface area contributed by atoms with E-state index in [-0.39, 0.29) is 19.0 Å². The molecule has 1 fully saturated rings. The summed E-state index contributed by atoms with van der Waals surface area (Å²) in [6.07, 6.45) is 8.99. The van der Waals surface area contributed by atoms with E-state index in [1.807, 2.05) is 11.8 Å². The van der Waals surface area contributed by atoms with Crippen LogP contribution in [0.15, 0.2) is 31.0 Å². The molecule has 122 valence electrons. The van der Waals surface area contributed by atoms with Crippen LogP contribution < -0.4 is 10.2 Å². The van der Waals surface area contributed by atoms with Crippen molar-refractivity contribution in [2.45, 2.75) is 25.5 Å². The molecule has 2 N–H and O–H groups in total. The normalized spacial score (nSPS) is 20.7. The number of β-amino-alcohol motifs (C(OH)–C–C–N with tert-alkyl or cyclic N) is 1. The topological polar surface area (TPSA) is 96.2 Å². The first-order valence-electron chi connectivity index (χ1n) is 7.53. The van der Waals surface area contributed by atoms with Crippen LogP contribution in [0.1, 0.15) is 12.0 Å². The predicted molar refractivity (Wildman–Crippen MR) is 83.8 cm³/mol. The average molecular weight is 316 g/mol. The molecule has 2 aromatic heterocycles. The maximum absolute atomic E-state index is 12.0. The lowest BCUT2D eigenvalue weighted by Gasteiger charge is -2.24. The Balaban J connectivity index is 1.51. The van der Waals surface area contributed by atoms with Crippen molar-refractivity contribution in [1.29, 1.82) is 0 Å². The van der Waals surface area contributed by atoms with Gasteiger partial charge in [0.15, 0.2) is 0 Å². The lowest BCUT2D eigenvalue weighted by Crippen LogP contribution is -2.45. The highest BCUT2D eigenvalue weighted by molar-refractivity contribution is 5.75. The fourth-order valence-corrected chi connectivity index (χ4v) is 2.67. The van der Waals surface area contributed by atoms with Gasteiger partial charge in [0.2, 0.25) is 5.91 Å². The molecule has 1 atom stereocenters.